The first-order chi connectivity index (χ1) is 12.0. The summed E-state index contributed by atoms with van der Waals surface area (Å²) < 4.78 is 26.6. The normalized spacial score (nSPS) is 34.4. The van der Waals surface area contributed by atoms with Crippen LogP contribution in [0.3, 0.4) is 0 Å². The van der Waals surface area contributed by atoms with Gasteiger partial charge in [-0.2, -0.15) is 0 Å². The molecule has 2 aliphatic heterocycles. The van der Waals surface area contributed by atoms with Gasteiger partial charge in [0.1, 0.15) is 12.0 Å². The van der Waals surface area contributed by atoms with Crippen molar-refractivity contribution in [3.63, 3.8) is 0 Å². The number of nitrogens with one attached hydrogen (secondary N) is 1. The Balaban J connectivity index is 1.38. The van der Waals surface area contributed by atoms with Crippen LogP contribution in [0.15, 0.2) is 24.3 Å². The fourth-order valence-corrected chi connectivity index (χ4v) is 4.80. The van der Waals surface area contributed by atoms with E-state index in [1.165, 1.54) is 12.1 Å². The molecule has 1 aromatic carbocycles. The van der Waals surface area contributed by atoms with Crippen molar-refractivity contribution in [1.82, 2.24) is 10.2 Å². The monoisotopic (exact) mass is 349 g/mol. The molecule has 1 saturated carbocycles. The molecule has 3 fully saturated rings. The molecule has 5 atom stereocenters. The number of amides is 2. The molecule has 2 heterocycles. The number of nitrogens with zero attached hydrogens (tertiary/aromatic N) is 2. The number of carbonyl (C=O) groups excluding carboxylic acids is 1. The van der Waals surface area contributed by atoms with E-state index in [4.69, 9.17) is 0 Å². The first-order valence-electron chi connectivity index (χ1n) is 9.23. The summed E-state index contributed by atoms with van der Waals surface area (Å²) in [5, 5.41) is 3.16. The van der Waals surface area contributed by atoms with Crippen molar-refractivity contribution in [1.29, 1.82) is 0 Å². The molecule has 0 bridgehead atoms. The van der Waals surface area contributed by atoms with Crippen molar-refractivity contribution < 1.29 is 13.6 Å². The second kappa shape index (κ2) is 6.46. The van der Waals surface area contributed by atoms with Crippen LogP contribution in [-0.2, 0) is 0 Å². The minimum Gasteiger partial charge on any atom is -0.371 e. The van der Waals surface area contributed by atoms with Gasteiger partial charge in [0, 0.05) is 43.2 Å². The van der Waals surface area contributed by atoms with Crippen LogP contribution in [-0.4, -0.2) is 48.8 Å². The zero-order valence-corrected chi connectivity index (χ0v) is 14.5. The number of carbonyl (C=O) groups is 1. The number of urea groups is 1. The fourth-order valence-electron chi connectivity index (χ4n) is 4.80. The highest BCUT2D eigenvalue weighted by atomic mass is 19.1. The number of alkyl halides is 1. The van der Waals surface area contributed by atoms with Gasteiger partial charge in [0.2, 0.25) is 0 Å². The Morgan fingerprint density at radius 2 is 1.92 bits per heavy atom. The number of benzene rings is 1. The lowest BCUT2D eigenvalue weighted by Crippen LogP contribution is -2.48. The number of rotatable bonds is 2. The van der Waals surface area contributed by atoms with Crippen molar-refractivity contribution in [2.75, 3.05) is 24.5 Å². The topological polar surface area (TPSA) is 35.6 Å². The largest absolute Gasteiger partial charge is 0.371 e. The Morgan fingerprint density at radius 3 is 2.60 bits per heavy atom. The maximum Gasteiger partial charge on any atom is 0.317 e. The molecule has 4 nitrogen and oxygen atoms in total. The first-order valence-corrected chi connectivity index (χ1v) is 9.23. The smallest absolute Gasteiger partial charge is 0.317 e. The molecule has 1 N–H and O–H groups in total. The van der Waals surface area contributed by atoms with E-state index < -0.39 is 6.17 Å². The van der Waals surface area contributed by atoms with Crippen LogP contribution in [0.5, 0.6) is 0 Å². The van der Waals surface area contributed by atoms with E-state index in [9.17, 15) is 13.6 Å². The van der Waals surface area contributed by atoms with Crippen LogP contribution in [0, 0.1) is 17.7 Å². The summed E-state index contributed by atoms with van der Waals surface area (Å²) in [6.45, 7) is 3.94. The lowest BCUT2D eigenvalue weighted by atomic mass is 9.98. The summed E-state index contributed by atoms with van der Waals surface area (Å²) in [6, 6.07) is 6.60. The molecule has 0 aromatic heterocycles. The van der Waals surface area contributed by atoms with Gasteiger partial charge in [0.05, 0.1) is 6.54 Å². The highest BCUT2D eigenvalue weighted by Gasteiger charge is 2.44. The van der Waals surface area contributed by atoms with Crippen LogP contribution in [0.4, 0.5) is 19.3 Å². The maximum atomic E-state index is 13.5. The molecule has 1 aromatic rings. The number of hydrogen-bond donors (Lipinski definition) is 1. The SMILES string of the molecule is CC1C[C@@H](F)CN1C(=O)N[C@H]1CC[C@@H]2CN(c3ccc(F)cc3)C[C@@H]21. The Bertz CT molecular complexity index is 638. The van der Waals surface area contributed by atoms with Crippen molar-refractivity contribution >= 4 is 11.7 Å². The molecule has 3 aliphatic rings. The summed E-state index contributed by atoms with van der Waals surface area (Å²) in [5.74, 6) is 0.743. The van der Waals surface area contributed by atoms with Gasteiger partial charge in [-0.1, -0.05) is 0 Å². The lowest BCUT2D eigenvalue weighted by molar-refractivity contribution is 0.186. The molecular weight excluding hydrogens is 324 g/mol. The van der Waals surface area contributed by atoms with Crippen LogP contribution in [0.25, 0.3) is 0 Å². The molecule has 2 amide bonds. The highest BCUT2D eigenvalue weighted by Crippen LogP contribution is 2.40. The van der Waals surface area contributed by atoms with Crippen LogP contribution in [0.1, 0.15) is 26.2 Å². The summed E-state index contributed by atoms with van der Waals surface area (Å²) >= 11 is 0. The van der Waals surface area contributed by atoms with Crippen molar-refractivity contribution in [3.05, 3.63) is 30.1 Å². The Hall–Kier alpha value is -1.85. The van der Waals surface area contributed by atoms with E-state index in [1.54, 1.807) is 4.90 Å². The third-order valence-electron chi connectivity index (χ3n) is 6.14. The van der Waals surface area contributed by atoms with E-state index in [0.29, 0.717) is 18.3 Å². The van der Waals surface area contributed by atoms with Gasteiger partial charge in [-0.3, -0.25) is 0 Å². The molecule has 1 unspecified atom stereocenters. The number of fused-ring (bicyclic) bond motifs is 1. The van der Waals surface area contributed by atoms with Crippen molar-refractivity contribution in [2.45, 2.75) is 44.4 Å². The standard InChI is InChI=1S/C19H25F2N3O/c1-12-8-15(21)10-24(12)19(25)22-18-7-2-13-9-23(11-17(13)18)16-5-3-14(20)4-6-16/h3-6,12-13,15,17-18H,2,7-11H2,1H3,(H,22,25)/t12?,13-,15-,17+,18+/m1/s1. The molecule has 0 spiro atoms. The predicted molar refractivity (Wildman–Crippen MR) is 92.8 cm³/mol. The summed E-state index contributed by atoms with van der Waals surface area (Å²) in [6.07, 6.45) is 1.61. The predicted octanol–water partition coefficient (Wildman–Crippen LogP) is 3.18. The second-order valence-corrected chi connectivity index (χ2v) is 7.77. The Kier molecular flexibility index (Phi) is 4.29. The maximum absolute atomic E-state index is 13.5. The zero-order valence-electron chi connectivity index (χ0n) is 14.5. The van der Waals surface area contributed by atoms with Crippen LogP contribution < -0.4 is 10.2 Å². The molecule has 25 heavy (non-hydrogen) atoms. The average molecular weight is 349 g/mol. The van der Waals surface area contributed by atoms with Gasteiger partial charge in [-0.05, 0) is 49.9 Å². The van der Waals surface area contributed by atoms with Gasteiger partial charge in [-0.25, -0.2) is 13.6 Å². The molecule has 4 rings (SSSR count). The first kappa shape index (κ1) is 16.6. The lowest BCUT2D eigenvalue weighted by Gasteiger charge is -2.27. The van der Waals surface area contributed by atoms with Crippen LogP contribution in [0.2, 0.25) is 0 Å². The van der Waals surface area contributed by atoms with Gasteiger partial charge < -0.3 is 15.1 Å². The van der Waals surface area contributed by atoms with E-state index in [1.807, 2.05) is 19.1 Å². The summed E-state index contributed by atoms with van der Waals surface area (Å²) in [5.41, 5.74) is 1.04. The summed E-state index contributed by atoms with van der Waals surface area (Å²) in [4.78, 5) is 16.4. The fraction of sp³-hybridized carbons (Fsp3) is 0.632. The third-order valence-corrected chi connectivity index (χ3v) is 6.14. The van der Waals surface area contributed by atoms with Crippen molar-refractivity contribution in [2.24, 2.45) is 11.8 Å². The van der Waals surface area contributed by atoms with Gasteiger partial charge in [0.15, 0.2) is 0 Å². The van der Waals surface area contributed by atoms with Crippen molar-refractivity contribution in [3.8, 4) is 0 Å². The Labute approximate surface area is 147 Å². The number of halogens is 2. The van der Waals surface area contributed by atoms with Gasteiger partial charge >= 0.3 is 6.03 Å². The Morgan fingerprint density at radius 1 is 1.16 bits per heavy atom. The quantitative estimate of drug-likeness (QED) is 0.890. The molecule has 1 aliphatic carbocycles. The molecule has 136 valence electrons. The van der Waals surface area contributed by atoms with E-state index in [2.05, 4.69) is 10.2 Å². The van der Waals surface area contributed by atoms with E-state index >= 15 is 0 Å². The van der Waals surface area contributed by atoms with E-state index in [0.717, 1.165) is 31.6 Å². The summed E-state index contributed by atoms with van der Waals surface area (Å²) in [7, 11) is 0. The minimum absolute atomic E-state index is 0.0357. The third kappa shape index (κ3) is 3.18. The van der Waals surface area contributed by atoms with Gasteiger partial charge in [-0.15, -0.1) is 0 Å². The van der Waals surface area contributed by atoms with Gasteiger partial charge in [0.25, 0.3) is 0 Å². The molecular formula is C19H25F2N3O. The number of anilines is 1. The average Bonchev–Trinajstić information content (AvgIpc) is 3.24. The minimum atomic E-state index is -0.905. The van der Waals surface area contributed by atoms with E-state index in [-0.39, 0.29) is 30.5 Å². The zero-order chi connectivity index (χ0) is 17.6. The second-order valence-electron chi connectivity index (χ2n) is 7.77. The molecule has 6 heteroatoms. The molecule has 0 radical (unpaired) electrons. The number of hydrogen-bond acceptors (Lipinski definition) is 2. The highest BCUT2D eigenvalue weighted by molar-refractivity contribution is 5.75. The molecule has 2 saturated heterocycles. The van der Waals surface area contributed by atoms with Crippen LogP contribution >= 0.6 is 0 Å². The number of likely N-dealkylation sites (tertiary alicyclic amines) is 1.